The minimum atomic E-state index is -0.865. The highest BCUT2D eigenvalue weighted by molar-refractivity contribution is 5.76. The molecule has 1 unspecified atom stereocenters. The van der Waals surface area contributed by atoms with Crippen LogP contribution in [0.25, 0.3) is 0 Å². The number of hydrogen-bond donors (Lipinski definition) is 2. The SMILES string of the molecule is Cc1ccc(N2CCN(C(=O)CCn3nc(C)c(C(C)O)c(N)c3=O)CC2)cc1. The van der Waals surface area contributed by atoms with Crippen LogP contribution in [0.3, 0.4) is 0 Å². The largest absolute Gasteiger partial charge is 0.394 e. The van der Waals surface area contributed by atoms with Gasteiger partial charge in [0.25, 0.3) is 5.56 Å². The number of hydrogen-bond acceptors (Lipinski definition) is 6. The predicted octanol–water partition coefficient (Wildman–Crippen LogP) is 1.23. The number of rotatable bonds is 5. The number of aliphatic hydroxyl groups excluding tert-OH is 1. The summed E-state index contributed by atoms with van der Waals surface area (Å²) in [6, 6.07) is 8.39. The van der Waals surface area contributed by atoms with Crippen LogP contribution in [0.4, 0.5) is 11.4 Å². The number of nitrogens with zero attached hydrogens (tertiary/aromatic N) is 4. The minimum Gasteiger partial charge on any atom is -0.394 e. The summed E-state index contributed by atoms with van der Waals surface area (Å²) >= 11 is 0. The van der Waals surface area contributed by atoms with E-state index >= 15 is 0 Å². The van der Waals surface area contributed by atoms with E-state index in [1.54, 1.807) is 13.8 Å². The predicted molar refractivity (Wildman–Crippen MR) is 113 cm³/mol. The van der Waals surface area contributed by atoms with E-state index in [1.165, 1.54) is 15.9 Å². The van der Waals surface area contributed by atoms with E-state index in [4.69, 9.17) is 5.73 Å². The Morgan fingerprint density at radius 1 is 1.17 bits per heavy atom. The number of piperazine rings is 1. The van der Waals surface area contributed by atoms with Crippen molar-refractivity contribution in [2.45, 2.75) is 39.8 Å². The van der Waals surface area contributed by atoms with E-state index < -0.39 is 11.7 Å². The van der Waals surface area contributed by atoms with E-state index in [1.807, 2.05) is 4.90 Å². The van der Waals surface area contributed by atoms with Crippen LogP contribution in [0.1, 0.15) is 36.3 Å². The van der Waals surface area contributed by atoms with Gasteiger partial charge in [-0.1, -0.05) is 17.7 Å². The molecule has 0 saturated carbocycles. The Labute approximate surface area is 170 Å². The van der Waals surface area contributed by atoms with Crippen molar-refractivity contribution < 1.29 is 9.90 Å². The van der Waals surface area contributed by atoms with Crippen molar-refractivity contribution in [3.05, 3.63) is 51.4 Å². The number of nitrogens with two attached hydrogens (primary N) is 1. The maximum Gasteiger partial charge on any atom is 0.290 e. The molecule has 2 heterocycles. The molecule has 1 atom stereocenters. The lowest BCUT2D eigenvalue weighted by Crippen LogP contribution is -2.49. The van der Waals surface area contributed by atoms with Gasteiger partial charge in [0.15, 0.2) is 0 Å². The van der Waals surface area contributed by atoms with Crippen molar-refractivity contribution in [3.63, 3.8) is 0 Å². The topological polar surface area (TPSA) is 105 Å². The van der Waals surface area contributed by atoms with Crippen LogP contribution in [-0.2, 0) is 11.3 Å². The standard InChI is InChI=1S/C21H29N5O3/c1-14-4-6-17(7-5-14)24-10-12-25(13-11-24)18(28)8-9-26-21(29)20(22)19(16(3)27)15(2)23-26/h4-7,16,27H,8-13,22H2,1-3H3. The van der Waals surface area contributed by atoms with Crippen LogP contribution < -0.4 is 16.2 Å². The molecule has 3 rings (SSSR count). The molecule has 0 spiro atoms. The highest BCUT2D eigenvalue weighted by atomic mass is 16.3. The van der Waals surface area contributed by atoms with Gasteiger partial charge in [-0.3, -0.25) is 9.59 Å². The molecule has 0 bridgehead atoms. The lowest BCUT2D eigenvalue weighted by Gasteiger charge is -2.36. The molecule has 1 fully saturated rings. The number of nitrogen functional groups attached to an aromatic ring is 1. The van der Waals surface area contributed by atoms with E-state index in [0.717, 1.165) is 13.1 Å². The van der Waals surface area contributed by atoms with Gasteiger partial charge in [0.05, 0.1) is 18.3 Å². The van der Waals surface area contributed by atoms with Crippen LogP contribution in [0, 0.1) is 13.8 Å². The van der Waals surface area contributed by atoms with Gasteiger partial charge in [-0.2, -0.15) is 5.10 Å². The maximum absolute atomic E-state index is 12.6. The fourth-order valence-corrected chi connectivity index (χ4v) is 3.74. The van der Waals surface area contributed by atoms with Gasteiger partial charge in [-0.05, 0) is 32.9 Å². The molecule has 1 aromatic heterocycles. The second-order valence-electron chi connectivity index (χ2n) is 7.57. The molecule has 8 nitrogen and oxygen atoms in total. The third kappa shape index (κ3) is 4.59. The smallest absolute Gasteiger partial charge is 0.290 e. The second-order valence-corrected chi connectivity index (χ2v) is 7.57. The highest BCUT2D eigenvalue weighted by Gasteiger charge is 2.22. The number of carbonyl (C=O) groups is 1. The Bertz CT molecular complexity index is 929. The molecule has 0 radical (unpaired) electrons. The van der Waals surface area contributed by atoms with Gasteiger partial charge in [0, 0.05) is 43.9 Å². The van der Waals surface area contributed by atoms with Crippen molar-refractivity contribution in [1.29, 1.82) is 0 Å². The third-order valence-electron chi connectivity index (χ3n) is 5.40. The van der Waals surface area contributed by atoms with Crippen LogP contribution in [0.15, 0.2) is 29.1 Å². The summed E-state index contributed by atoms with van der Waals surface area (Å²) in [5, 5.41) is 14.0. The fraction of sp³-hybridized carbons (Fsp3) is 0.476. The minimum absolute atomic E-state index is 0.00177. The molecule has 1 aliphatic heterocycles. The first kappa shape index (κ1) is 20.9. The number of anilines is 2. The lowest BCUT2D eigenvalue weighted by molar-refractivity contribution is -0.131. The zero-order valence-electron chi connectivity index (χ0n) is 17.3. The van der Waals surface area contributed by atoms with Crippen LogP contribution in [0.2, 0.25) is 0 Å². The quantitative estimate of drug-likeness (QED) is 0.784. The van der Waals surface area contributed by atoms with Crippen molar-refractivity contribution in [1.82, 2.24) is 14.7 Å². The van der Waals surface area contributed by atoms with Crippen LogP contribution in [-0.4, -0.2) is 51.9 Å². The maximum atomic E-state index is 12.6. The summed E-state index contributed by atoms with van der Waals surface area (Å²) < 4.78 is 1.22. The Hall–Kier alpha value is -2.87. The van der Waals surface area contributed by atoms with Gasteiger partial charge in [0.1, 0.15) is 5.69 Å². The molecule has 29 heavy (non-hydrogen) atoms. The van der Waals surface area contributed by atoms with Crippen LogP contribution in [0.5, 0.6) is 0 Å². The van der Waals surface area contributed by atoms with E-state index in [-0.39, 0.29) is 24.6 Å². The average Bonchev–Trinajstić information content (AvgIpc) is 2.70. The molecule has 1 aromatic carbocycles. The molecular weight excluding hydrogens is 370 g/mol. The van der Waals surface area contributed by atoms with Crippen molar-refractivity contribution in [2.24, 2.45) is 0 Å². The van der Waals surface area contributed by atoms with E-state index in [2.05, 4.69) is 41.2 Å². The zero-order valence-corrected chi connectivity index (χ0v) is 17.3. The molecule has 0 aliphatic carbocycles. The number of aryl methyl sites for hydroxylation is 3. The second kappa shape index (κ2) is 8.65. The van der Waals surface area contributed by atoms with E-state index in [0.29, 0.717) is 24.3 Å². The monoisotopic (exact) mass is 399 g/mol. The normalized spacial score (nSPS) is 15.4. The summed E-state index contributed by atoms with van der Waals surface area (Å²) in [7, 11) is 0. The van der Waals surface area contributed by atoms with Gasteiger partial charge in [0.2, 0.25) is 5.91 Å². The Kier molecular flexibility index (Phi) is 6.22. The number of aliphatic hydroxyl groups is 1. The molecule has 2 aromatic rings. The molecular formula is C21H29N5O3. The van der Waals surface area contributed by atoms with Crippen molar-refractivity contribution in [2.75, 3.05) is 36.8 Å². The summed E-state index contributed by atoms with van der Waals surface area (Å²) in [6.45, 7) is 8.33. The van der Waals surface area contributed by atoms with Crippen LogP contribution >= 0.6 is 0 Å². The Morgan fingerprint density at radius 2 is 1.79 bits per heavy atom. The third-order valence-corrected chi connectivity index (χ3v) is 5.40. The number of amides is 1. The van der Waals surface area contributed by atoms with E-state index in [9.17, 15) is 14.7 Å². The first-order valence-corrected chi connectivity index (χ1v) is 9.92. The van der Waals surface area contributed by atoms with Gasteiger partial charge in [-0.25, -0.2) is 4.68 Å². The summed E-state index contributed by atoms with van der Waals surface area (Å²) in [6.07, 6.45) is -0.680. The summed E-state index contributed by atoms with van der Waals surface area (Å²) in [4.78, 5) is 29.1. The average molecular weight is 399 g/mol. The molecule has 1 saturated heterocycles. The first-order chi connectivity index (χ1) is 13.8. The summed E-state index contributed by atoms with van der Waals surface area (Å²) in [5.41, 5.74) is 8.65. The molecule has 1 aliphatic rings. The summed E-state index contributed by atoms with van der Waals surface area (Å²) in [5.74, 6) is -0.00177. The number of aromatic nitrogens is 2. The highest BCUT2D eigenvalue weighted by Crippen LogP contribution is 2.20. The lowest BCUT2D eigenvalue weighted by atomic mass is 10.1. The Morgan fingerprint density at radius 3 is 2.38 bits per heavy atom. The zero-order chi connectivity index (χ0) is 21.1. The molecule has 1 amide bonds. The van der Waals surface area contributed by atoms with Crippen molar-refractivity contribution in [3.8, 4) is 0 Å². The Balaban J connectivity index is 1.58. The first-order valence-electron chi connectivity index (χ1n) is 9.92. The number of carbonyl (C=O) groups excluding carboxylic acids is 1. The molecule has 8 heteroatoms. The fourth-order valence-electron chi connectivity index (χ4n) is 3.74. The van der Waals surface area contributed by atoms with Gasteiger partial charge >= 0.3 is 0 Å². The molecule has 3 N–H and O–H groups in total. The van der Waals surface area contributed by atoms with Gasteiger partial charge < -0.3 is 20.6 Å². The van der Waals surface area contributed by atoms with Gasteiger partial charge in [-0.15, -0.1) is 0 Å². The number of benzene rings is 1. The van der Waals surface area contributed by atoms with Crippen molar-refractivity contribution >= 4 is 17.3 Å². The molecule has 156 valence electrons.